The Morgan fingerprint density at radius 1 is 0.975 bits per heavy atom. The van der Waals surface area contributed by atoms with Crippen LogP contribution in [-0.4, -0.2) is 42.9 Å². The number of rotatable bonds is 5. The van der Waals surface area contributed by atoms with E-state index in [-0.39, 0.29) is 23.3 Å². The number of fused-ring (bicyclic) bond motifs is 1. The maximum Gasteiger partial charge on any atom is 0.339 e. The minimum Gasteiger partial charge on any atom is -0.382 e. The van der Waals surface area contributed by atoms with Crippen LogP contribution in [0, 0.1) is 18.8 Å². The van der Waals surface area contributed by atoms with E-state index in [0.717, 1.165) is 5.56 Å². The molecule has 0 aliphatic carbocycles. The number of pyridine rings is 1. The van der Waals surface area contributed by atoms with Gasteiger partial charge in [-0.05, 0) is 79.9 Å². The molecule has 11 heteroatoms. The SMILES string of the molecule is CC#CC(=O)N(C)c1cccc(-n2c(=O)n(-c3ccc(C(=O)Nc4cc(C)ccn4)cc3)c3c(N)ncnc32)c1. The molecule has 5 aromatic rings. The molecule has 5 rings (SSSR count). The summed E-state index contributed by atoms with van der Waals surface area (Å²) in [6.45, 7) is 3.49. The molecule has 3 heterocycles. The molecule has 3 N–H and O–H groups in total. The zero-order valence-corrected chi connectivity index (χ0v) is 21.9. The highest BCUT2D eigenvalue weighted by Crippen LogP contribution is 2.25. The van der Waals surface area contributed by atoms with Gasteiger partial charge < -0.3 is 16.0 Å². The van der Waals surface area contributed by atoms with Gasteiger partial charge in [0.1, 0.15) is 17.7 Å². The van der Waals surface area contributed by atoms with Gasteiger partial charge in [-0.15, -0.1) is 0 Å². The Kier molecular flexibility index (Phi) is 6.82. The first kappa shape index (κ1) is 25.9. The molecule has 2 aromatic carbocycles. The molecule has 0 spiro atoms. The van der Waals surface area contributed by atoms with Crippen molar-refractivity contribution in [2.24, 2.45) is 0 Å². The molecular formula is C29H24N8O3. The summed E-state index contributed by atoms with van der Waals surface area (Å²) in [6, 6.07) is 17.0. The molecule has 3 aromatic heterocycles. The van der Waals surface area contributed by atoms with Gasteiger partial charge in [0, 0.05) is 24.5 Å². The van der Waals surface area contributed by atoms with Crippen molar-refractivity contribution in [3.05, 3.63) is 94.8 Å². The van der Waals surface area contributed by atoms with Gasteiger partial charge in [-0.1, -0.05) is 12.0 Å². The van der Waals surface area contributed by atoms with Gasteiger partial charge in [-0.3, -0.25) is 14.2 Å². The number of carbonyl (C=O) groups excluding carboxylic acids is 2. The summed E-state index contributed by atoms with van der Waals surface area (Å²) >= 11 is 0. The number of hydrogen-bond acceptors (Lipinski definition) is 7. The molecule has 0 unspecified atom stereocenters. The Morgan fingerprint density at radius 3 is 2.48 bits per heavy atom. The van der Waals surface area contributed by atoms with E-state index >= 15 is 0 Å². The van der Waals surface area contributed by atoms with Crippen LogP contribution < -0.4 is 21.6 Å². The quantitative estimate of drug-likeness (QED) is 0.331. The first-order valence-corrected chi connectivity index (χ1v) is 12.2. The first-order valence-electron chi connectivity index (χ1n) is 12.2. The second-order valence-electron chi connectivity index (χ2n) is 8.86. The fourth-order valence-electron chi connectivity index (χ4n) is 4.22. The molecule has 2 amide bonds. The highest BCUT2D eigenvalue weighted by molar-refractivity contribution is 6.05. The number of nitrogens with two attached hydrogens (primary N) is 1. The van der Waals surface area contributed by atoms with Crippen molar-refractivity contribution in [1.82, 2.24) is 24.1 Å². The van der Waals surface area contributed by atoms with E-state index in [2.05, 4.69) is 32.1 Å². The summed E-state index contributed by atoms with van der Waals surface area (Å²) in [5.74, 6) is 4.91. The number of nitrogens with zero attached hydrogens (tertiary/aromatic N) is 6. The van der Waals surface area contributed by atoms with Crippen molar-refractivity contribution in [1.29, 1.82) is 0 Å². The normalized spacial score (nSPS) is 10.6. The second kappa shape index (κ2) is 10.5. The van der Waals surface area contributed by atoms with Gasteiger partial charge >= 0.3 is 11.6 Å². The monoisotopic (exact) mass is 532 g/mol. The lowest BCUT2D eigenvalue weighted by Gasteiger charge is -2.15. The van der Waals surface area contributed by atoms with Crippen molar-refractivity contribution >= 4 is 40.3 Å². The molecule has 0 saturated carbocycles. The van der Waals surface area contributed by atoms with E-state index in [4.69, 9.17) is 5.73 Å². The third-order valence-corrected chi connectivity index (χ3v) is 6.21. The molecule has 0 radical (unpaired) electrons. The van der Waals surface area contributed by atoms with E-state index in [1.165, 1.54) is 20.4 Å². The van der Waals surface area contributed by atoms with Crippen molar-refractivity contribution in [2.75, 3.05) is 23.0 Å². The number of amides is 2. The Labute approximate surface area is 228 Å². The minimum atomic E-state index is -0.456. The van der Waals surface area contributed by atoms with Crippen LogP contribution in [0.5, 0.6) is 0 Å². The van der Waals surface area contributed by atoms with E-state index in [0.29, 0.717) is 34.0 Å². The number of nitrogen functional groups attached to an aromatic ring is 1. The number of anilines is 3. The Morgan fingerprint density at radius 2 is 1.75 bits per heavy atom. The third-order valence-electron chi connectivity index (χ3n) is 6.21. The Balaban J connectivity index is 1.57. The summed E-state index contributed by atoms with van der Waals surface area (Å²) in [6.07, 6.45) is 2.90. The highest BCUT2D eigenvalue weighted by Gasteiger charge is 2.21. The molecular weight excluding hydrogens is 508 g/mol. The van der Waals surface area contributed by atoms with E-state index in [1.807, 2.05) is 13.0 Å². The number of carbonyl (C=O) groups is 2. The van der Waals surface area contributed by atoms with Crippen molar-refractivity contribution in [3.8, 4) is 23.2 Å². The summed E-state index contributed by atoms with van der Waals surface area (Å²) < 4.78 is 2.78. The maximum absolute atomic E-state index is 13.9. The van der Waals surface area contributed by atoms with Crippen molar-refractivity contribution in [2.45, 2.75) is 13.8 Å². The van der Waals surface area contributed by atoms with Crippen molar-refractivity contribution in [3.63, 3.8) is 0 Å². The molecule has 0 atom stereocenters. The highest BCUT2D eigenvalue weighted by atomic mass is 16.2. The predicted molar refractivity (Wildman–Crippen MR) is 153 cm³/mol. The number of hydrogen-bond donors (Lipinski definition) is 2. The number of nitrogens with one attached hydrogen (secondary N) is 1. The smallest absolute Gasteiger partial charge is 0.339 e. The second-order valence-corrected chi connectivity index (χ2v) is 8.86. The van der Waals surface area contributed by atoms with Gasteiger partial charge in [0.25, 0.3) is 5.91 Å². The largest absolute Gasteiger partial charge is 0.382 e. The van der Waals surface area contributed by atoms with Gasteiger partial charge in [-0.25, -0.2) is 24.3 Å². The van der Waals surface area contributed by atoms with E-state index < -0.39 is 5.69 Å². The van der Waals surface area contributed by atoms with Gasteiger partial charge in [-0.2, -0.15) is 0 Å². The number of aryl methyl sites for hydroxylation is 1. The van der Waals surface area contributed by atoms with Gasteiger partial charge in [0.2, 0.25) is 0 Å². The van der Waals surface area contributed by atoms with Gasteiger partial charge in [0.05, 0.1) is 11.4 Å². The zero-order valence-electron chi connectivity index (χ0n) is 21.9. The summed E-state index contributed by atoms with van der Waals surface area (Å²) in [4.78, 5) is 52.9. The Hall–Kier alpha value is -5.76. The summed E-state index contributed by atoms with van der Waals surface area (Å²) in [5, 5.41) is 2.77. The standard InChI is InChI=1S/C29H24N8O3/c1-4-6-24(38)35(3)21-7-5-8-22(16-21)37-27-25(26(30)32-17-33-27)36(29(37)40)20-11-9-19(10-12-20)28(39)34-23-15-18(2)13-14-31-23/h5,7-17H,1-3H3,(H2,30,32,33)(H,31,34,39). The number of aromatic nitrogens is 5. The maximum atomic E-state index is 13.9. The first-order chi connectivity index (χ1) is 19.3. The summed E-state index contributed by atoms with van der Waals surface area (Å²) in [7, 11) is 1.60. The average molecular weight is 533 g/mol. The molecule has 0 bridgehead atoms. The van der Waals surface area contributed by atoms with Gasteiger partial charge in [0.15, 0.2) is 11.5 Å². The number of imidazole rings is 1. The predicted octanol–water partition coefficient (Wildman–Crippen LogP) is 3.10. The van der Waals surface area contributed by atoms with Crippen LogP contribution in [-0.2, 0) is 4.79 Å². The topological polar surface area (TPSA) is 141 Å². The molecule has 0 saturated heterocycles. The lowest BCUT2D eigenvalue weighted by molar-refractivity contribution is -0.113. The van der Waals surface area contributed by atoms with Crippen LogP contribution in [0.3, 0.4) is 0 Å². The molecule has 0 aliphatic rings. The molecule has 198 valence electrons. The average Bonchev–Trinajstić information content (AvgIpc) is 3.25. The van der Waals surface area contributed by atoms with Crippen LogP contribution >= 0.6 is 0 Å². The fraction of sp³-hybridized carbons (Fsp3) is 0.103. The van der Waals surface area contributed by atoms with E-state index in [9.17, 15) is 14.4 Å². The van der Waals surface area contributed by atoms with E-state index in [1.54, 1.807) is 74.8 Å². The Bertz CT molecular complexity index is 1900. The van der Waals surface area contributed by atoms with Crippen LogP contribution in [0.4, 0.5) is 17.3 Å². The molecule has 0 aliphatic heterocycles. The molecule has 40 heavy (non-hydrogen) atoms. The van der Waals surface area contributed by atoms with Crippen LogP contribution in [0.15, 0.2) is 78.0 Å². The zero-order chi connectivity index (χ0) is 28.4. The third kappa shape index (κ3) is 4.77. The molecule has 11 nitrogen and oxygen atoms in total. The van der Waals surface area contributed by atoms with Crippen LogP contribution in [0.2, 0.25) is 0 Å². The fourth-order valence-corrected chi connectivity index (χ4v) is 4.22. The van der Waals surface area contributed by atoms with Crippen LogP contribution in [0.1, 0.15) is 22.8 Å². The lowest BCUT2D eigenvalue weighted by Crippen LogP contribution is -2.25. The minimum absolute atomic E-state index is 0.106. The van der Waals surface area contributed by atoms with Crippen molar-refractivity contribution < 1.29 is 9.59 Å². The summed E-state index contributed by atoms with van der Waals surface area (Å²) in [5.41, 5.74) is 9.16. The molecule has 0 fully saturated rings. The lowest BCUT2D eigenvalue weighted by atomic mass is 10.2. The number of benzene rings is 2. The van der Waals surface area contributed by atoms with Crippen LogP contribution in [0.25, 0.3) is 22.5 Å².